The topological polar surface area (TPSA) is 73.8 Å². The number of benzene rings is 1. The van der Waals surface area contributed by atoms with E-state index in [9.17, 15) is 0 Å². The van der Waals surface area contributed by atoms with Gasteiger partial charge in [-0.05, 0) is 99.0 Å². The van der Waals surface area contributed by atoms with E-state index in [4.69, 9.17) is 38.5 Å². The number of thioether (sulfide) groups is 2. The van der Waals surface area contributed by atoms with E-state index in [-0.39, 0.29) is 23.5 Å². The van der Waals surface area contributed by atoms with E-state index in [2.05, 4.69) is 52.0 Å². The molecule has 0 radical (unpaired) electrons. The molecule has 0 N–H and O–H groups in total. The zero-order valence-electron chi connectivity index (χ0n) is 29.4. The number of ether oxygens (including phenoxy) is 4. The van der Waals surface area contributed by atoms with Crippen molar-refractivity contribution in [3.8, 4) is 0 Å². The predicted octanol–water partition coefficient (Wildman–Crippen LogP) is 8.57. The first-order valence-electron chi connectivity index (χ1n) is 18.7. The molecule has 4 bridgehead atoms. The largest absolute Gasteiger partial charge is 0.335 e. The fourth-order valence-electron chi connectivity index (χ4n) is 11.2. The molecule has 0 amide bonds. The third-order valence-electron chi connectivity index (χ3n) is 14.0. The van der Waals surface area contributed by atoms with Crippen molar-refractivity contribution < 1.29 is 38.5 Å². The molecular formula is C38H54O8S2. The summed E-state index contributed by atoms with van der Waals surface area (Å²) >= 11 is 3.79. The standard InChI is InChI=1S/C38H54O8S2/c1-21-7-13-29-23(3)31(39-33-37(29)27(21)15-17-35(5,41-33)43-45-37)47-19-25-9-11-26(12-10-25)20-48-32-24(4)30-14-8-22(2)28-16-18-36(6)42-34(40-32)38(28,30)46-44-36/h9-12,21-24,27-34H,7-8,13-20H2,1-6H3/t21-,22-,23-,24-,27+,28+,29+,30+,31-,32-,33-,34-,35-,36-,37-,38-/m1/s1. The van der Waals surface area contributed by atoms with Crippen molar-refractivity contribution in [1.29, 1.82) is 0 Å². The highest BCUT2D eigenvalue weighted by molar-refractivity contribution is 7.99. The molecule has 2 saturated carbocycles. The Labute approximate surface area is 294 Å². The van der Waals surface area contributed by atoms with Crippen molar-refractivity contribution in [1.82, 2.24) is 0 Å². The summed E-state index contributed by atoms with van der Waals surface area (Å²) in [5.41, 5.74) is 1.73. The normalized spacial score (nSPS) is 53.8. The van der Waals surface area contributed by atoms with Crippen LogP contribution in [0.4, 0.5) is 0 Å². The Morgan fingerprint density at radius 1 is 0.562 bits per heavy atom. The van der Waals surface area contributed by atoms with Gasteiger partial charge in [0.05, 0.1) is 0 Å². The van der Waals surface area contributed by atoms with Crippen molar-refractivity contribution in [2.75, 3.05) is 0 Å². The summed E-state index contributed by atoms with van der Waals surface area (Å²) in [6, 6.07) is 9.13. The molecule has 1 aromatic rings. The Kier molecular flexibility index (Phi) is 8.41. The van der Waals surface area contributed by atoms with Gasteiger partial charge in [0.2, 0.25) is 11.6 Å². The maximum atomic E-state index is 6.81. The van der Waals surface area contributed by atoms with Gasteiger partial charge in [0, 0.05) is 36.2 Å². The Hall–Kier alpha value is -0.400. The van der Waals surface area contributed by atoms with Gasteiger partial charge in [-0.2, -0.15) is 0 Å². The molecule has 48 heavy (non-hydrogen) atoms. The predicted molar refractivity (Wildman–Crippen MR) is 183 cm³/mol. The summed E-state index contributed by atoms with van der Waals surface area (Å²) in [5.74, 6) is 3.70. The van der Waals surface area contributed by atoms with Crippen LogP contribution in [0.3, 0.4) is 0 Å². The van der Waals surface area contributed by atoms with Gasteiger partial charge in [-0.1, -0.05) is 52.0 Å². The van der Waals surface area contributed by atoms with E-state index < -0.39 is 22.8 Å². The molecule has 10 heteroatoms. The summed E-state index contributed by atoms with van der Waals surface area (Å²) in [6.45, 7) is 13.4. The molecule has 0 unspecified atom stereocenters. The minimum atomic E-state index is -0.733. The third kappa shape index (κ3) is 5.08. The monoisotopic (exact) mass is 702 g/mol. The first kappa shape index (κ1) is 33.4. The number of hydrogen-bond acceptors (Lipinski definition) is 10. The third-order valence-corrected chi connectivity index (χ3v) is 16.8. The minimum absolute atomic E-state index is 0.0511. The van der Waals surface area contributed by atoms with E-state index in [0.29, 0.717) is 47.3 Å². The SMILES string of the molecule is C[C@H]1[C@@H](SCc2ccc(CS[C@H]3O[C@@H]4O[C@@]5(C)CC[C@H]6[C@H](C)CC[C@@H]([C@H]3C)[C@@]46OO5)cc2)O[C@@H]2O[C@@]3(C)CC[C@H]4[C@H](C)CC[C@@H]1[C@@]24OO3. The van der Waals surface area contributed by atoms with Crippen LogP contribution in [0.5, 0.6) is 0 Å². The summed E-state index contributed by atoms with van der Waals surface area (Å²) in [5, 5.41) is 0. The Morgan fingerprint density at radius 3 is 1.40 bits per heavy atom. The van der Waals surface area contributed by atoms with Gasteiger partial charge in [0.25, 0.3) is 0 Å². The van der Waals surface area contributed by atoms with Crippen LogP contribution in [0.25, 0.3) is 0 Å². The van der Waals surface area contributed by atoms with Gasteiger partial charge in [-0.25, -0.2) is 19.6 Å². The fourth-order valence-corrected chi connectivity index (χ4v) is 13.7. The maximum absolute atomic E-state index is 6.81. The van der Waals surface area contributed by atoms with E-state index in [1.807, 2.05) is 37.4 Å². The van der Waals surface area contributed by atoms with Gasteiger partial charge < -0.3 is 18.9 Å². The lowest BCUT2D eigenvalue weighted by Gasteiger charge is -2.60. The van der Waals surface area contributed by atoms with Crippen molar-refractivity contribution in [3.63, 3.8) is 0 Å². The smallest absolute Gasteiger partial charge is 0.201 e. The van der Waals surface area contributed by atoms with Crippen LogP contribution in [0.2, 0.25) is 0 Å². The zero-order chi connectivity index (χ0) is 33.1. The van der Waals surface area contributed by atoms with Crippen molar-refractivity contribution >= 4 is 23.5 Å². The van der Waals surface area contributed by atoms with Gasteiger partial charge in [-0.3, -0.25) is 0 Å². The number of fused-ring (bicyclic) bond motifs is 4. The summed E-state index contributed by atoms with van der Waals surface area (Å²) in [6.07, 6.45) is 7.76. The second-order valence-electron chi connectivity index (χ2n) is 17.0. The number of rotatable bonds is 6. The molecule has 0 aromatic heterocycles. The van der Waals surface area contributed by atoms with E-state index >= 15 is 0 Å². The summed E-state index contributed by atoms with van der Waals surface area (Å²) < 4.78 is 26.8. The van der Waals surface area contributed by atoms with Crippen LogP contribution >= 0.6 is 23.5 Å². The van der Waals surface area contributed by atoms with Crippen molar-refractivity contribution in [2.24, 2.45) is 47.3 Å². The van der Waals surface area contributed by atoms with Crippen LogP contribution in [0.15, 0.2) is 24.3 Å². The van der Waals surface area contributed by atoms with Gasteiger partial charge in [0.1, 0.15) is 10.9 Å². The zero-order valence-corrected chi connectivity index (χ0v) is 31.0. The van der Waals surface area contributed by atoms with Crippen LogP contribution in [-0.4, -0.2) is 46.2 Å². The second-order valence-corrected chi connectivity index (χ2v) is 19.2. The quantitative estimate of drug-likeness (QED) is 0.269. The lowest BCUT2D eigenvalue weighted by atomic mass is 9.58. The fraction of sp³-hybridized carbons (Fsp3) is 0.842. The van der Waals surface area contributed by atoms with Crippen molar-refractivity contribution in [2.45, 2.75) is 151 Å². The molecule has 8 nitrogen and oxygen atoms in total. The first-order chi connectivity index (χ1) is 23.0. The molecule has 8 heterocycles. The lowest BCUT2D eigenvalue weighted by Crippen LogP contribution is -2.70. The highest BCUT2D eigenvalue weighted by Gasteiger charge is 2.70. The van der Waals surface area contributed by atoms with E-state index in [0.717, 1.165) is 50.0 Å². The molecule has 2 spiro atoms. The maximum Gasteiger partial charge on any atom is 0.201 e. The summed E-state index contributed by atoms with van der Waals surface area (Å²) in [4.78, 5) is 24.7. The highest BCUT2D eigenvalue weighted by Crippen LogP contribution is 2.63. The average Bonchev–Trinajstić information content (AvgIpc) is 3.45. The van der Waals surface area contributed by atoms with Crippen LogP contribution in [-0.2, 0) is 50.0 Å². The molecule has 10 fully saturated rings. The molecule has 2 aliphatic carbocycles. The Morgan fingerprint density at radius 2 is 0.979 bits per heavy atom. The molecule has 1 aromatic carbocycles. The van der Waals surface area contributed by atoms with Crippen molar-refractivity contribution in [3.05, 3.63) is 35.4 Å². The minimum Gasteiger partial charge on any atom is -0.335 e. The molecule has 11 rings (SSSR count). The van der Waals surface area contributed by atoms with Crippen LogP contribution in [0, 0.1) is 47.3 Å². The molecule has 16 atom stereocenters. The molecule has 266 valence electrons. The number of hydrogen-bond donors (Lipinski definition) is 0. The van der Waals surface area contributed by atoms with E-state index in [1.54, 1.807) is 0 Å². The lowest BCUT2D eigenvalue weighted by molar-refractivity contribution is -0.568. The van der Waals surface area contributed by atoms with E-state index in [1.165, 1.54) is 24.0 Å². The van der Waals surface area contributed by atoms with Crippen LogP contribution in [0.1, 0.15) is 104 Å². The molecule has 8 saturated heterocycles. The Balaban J connectivity index is 0.839. The average molecular weight is 703 g/mol. The molecule has 8 aliphatic heterocycles. The molecule has 10 aliphatic rings. The first-order valence-corrected chi connectivity index (χ1v) is 20.8. The van der Waals surface area contributed by atoms with Gasteiger partial charge in [0.15, 0.2) is 23.8 Å². The summed E-state index contributed by atoms with van der Waals surface area (Å²) in [7, 11) is 0. The van der Waals surface area contributed by atoms with Gasteiger partial charge in [-0.15, -0.1) is 23.5 Å². The Bertz CT molecular complexity index is 1270. The highest BCUT2D eigenvalue weighted by atomic mass is 32.2. The second kappa shape index (κ2) is 12.1. The van der Waals surface area contributed by atoms with Gasteiger partial charge >= 0.3 is 0 Å². The molecular weight excluding hydrogens is 649 g/mol. The van der Waals surface area contributed by atoms with Crippen LogP contribution < -0.4 is 0 Å².